The molecule has 0 aromatic heterocycles. The Kier molecular flexibility index (Phi) is 6.75. The summed E-state index contributed by atoms with van der Waals surface area (Å²) >= 11 is 0. The number of aliphatic imine (C=N–C) groups is 1. The molecule has 1 N–H and O–H groups in total. The van der Waals surface area contributed by atoms with Crippen LogP contribution < -0.4 is 5.32 Å². The average molecular weight is 416 g/mol. The van der Waals surface area contributed by atoms with Crippen molar-refractivity contribution >= 4 is 22.9 Å². The van der Waals surface area contributed by atoms with E-state index in [1.165, 1.54) is 12.1 Å². The van der Waals surface area contributed by atoms with Crippen LogP contribution in [-0.2, 0) is 4.84 Å². The number of aryl methyl sites for hydroxylation is 1. The molecule has 3 aromatic rings. The van der Waals surface area contributed by atoms with Crippen molar-refractivity contribution in [3.8, 4) is 0 Å². The minimum absolute atomic E-state index is 0.264. The van der Waals surface area contributed by atoms with Crippen LogP contribution in [0.15, 0.2) is 89.9 Å². The molecule has 158 valence electrons. The molecule has 5 heteroatoms. The number of para-hydroxylation sites is 1. The summed E-state index contributed by atoms with van der Waals surface area (Å²) in [5.74, 6) is 0.457. The minimum atomic E-state index is -0.264. The number of halogens is 1. The van der Waals surface area contributed by atoms with Crippen molar-refractivity contribution in [2.24, 2.45) is 4.99 Å². The highest BCUT2D eigenvalue weighted by Crippen LogP contribution is 2.24. The molecule has 1 aliphatic heterocycles. The molecule has 0 bridgehead atoms. The fourth-order valence-electron chi connectivity index (χ4n) is 3.45. The van der Waals surface area contributed by atoms with Gasteiger partial charge in [-0.05, 0) is 61.7 Å². The third-order valence-corrected chi connectivity index (χ3v) is 5.09. The topological polar surface area (TPSA) is 36.9 Å². The van der Waals surface area contributed by atoms with Gasteiger partial charge in [0.1, 0.15) is 5.82 Å². The monoisotopic (exact) mass is 415 g/mol. The van der Waals surface area contributed by atoms with Gasteiger partial charge in [0.2, 0.25) is 0 Å². The van der Waals surface area contributed by atoms with Gasteiger partial charge in [-0.25, -0.2) is 14.4 Å². The summed E-state index contributed by atoms with van der Waals surface area (Å²) in [4.78, 5) is 10.8. The minimum Gasteiger partial charge on any atom is -0.355 e. The molecule has 0 atom stereocenters. The Balaban J connectivity index is 1.78. The third kappa shape index (κ3) is 5.58. The first-order chi connectivity index (χ1) is 15.2. The molecule has 3 aromatic carbocycles. The summed E-state index contributed by atoms with van der Waals surface area (Å²) in [6, 6.07) is 24.4. The highest BCUT2D eigenvalue weighted by molar-refractivity contribution is 6.02. The smallest absolute Gasteiger partial charge is 0.155 e. The summed E-state index contributed by atoms with van der Waals surface area (Å²) in [5.41, 5.74) is 4.70. The molecule has 0 aliphatic carbocycles. The molecule has 0 saturated carbocycles. The Labute approximate surface area is 182 Å². The lowest BCUT2D eigenvalue weighted by Crippen LogP contribution is -2.35. The van der Waals surface area contributed by atoms with Gasteiger partial charge >= 0.3 is 0 Å². The van der Waals surface area contributed by atoms with Crippen LogP contribution in [0.25, 0.3) is 5.70 Å². The Hall–Kier alpha value is -3.44. The van der Waals surface area contributed by atoms with E-state index in [0.717, 1.165) is 53.4 Å². The zero-order valence-electron chi connectivity index (χ0n) is 17.6. The van der Waals surface area contributed by atoms with E-state index in [2.05, 4.69) is 24.4 Å². The summed E-state index contributed by atoms with van der Waals surface area (Å²) in [7, 11) is 0. The number of rotatable bonds is 5. The van der Waals surface area contributed by atoms with Crippen LogP contribution in [0.3, 0.4) is 0 Å². The van der Waals surface area contributed by atoms with Gasteiger partial charge in [0.05, 0.1) is 12.3 Å². The Morgan fingerprint density at radius 3 is 2.42 bits per heavy atom. The standard InChI is InChI=1S/C26H26FN3O/c1-20-9-5-6-12-24(20)25(28-23-15-13-21(27)14-16-23)19-26(30-17-7-8-18-31-30)29-22-10-3-2-4-11-22/h2-6,9-16,19,28H,7-8,17-18H2,1H3/b25-19-,29-26-. The van der Waals surface area contributed by atoms with Crippen molar-refractivity contribution in [2.75, 3.05) is 18.5 Å². The maximum absolute atomic E-state index is 13.4. The van der Waals surface area contributed by atoms with Gasteiger partial charge in [-0.15, -0.1) is 0 Å². The van der Waals surface area contributed by atoms with Gasteiger partial charge in [-0.3, -0.25) is 4.84 Å². The quantitative estimate of drug-likeness (QED) is 0.390. The number of hydrogen-bond acceptors (Lipinski definition) is 3. The molecule has 4 rings (SSSR count). The zero-order valence-corrected chi connectivity index (χ0v) is 17.6. The number of hydrogen-bond donors (Lipinski definition) is 1. The predicted octanol–water partition coefficient (Wildman–Crippen LogP) is 6.34. The number of amidine groups is 1. The summed E-state index contributed by atoms with van der Waals surface area (Å²) in [6.45, 7) is 3.52. The Morgan fingerprint density at radius 1 is 0.968 bits per heavy atom. The van der Waals surface area contributed by atoms with E-state index >= 15 is 0 Å². The highest BCUT2D eigenvalue weighted by atomic mass is 19.1. The molecule has 0 unspecified atom stereocenters. The SMILES string of the molecule is Cc1ccccc1/C(=C/C(=N/c1ccccc1)N1CCCCO1)Nc1ccc(F)cc1. The molecule has 1 fully saturated rings. The van der Waals surface area contributed by atoms with Gasteiger partial charge < -0.3 is 5.32 Å². The van der Waals surface area contributed by atoms with Gasteiger partial charge in [0.25, 0.3) is 0 Å². The second-order valence-corrected chi connectivity index (χ2v) is 7.45. The number of benzene rings is 3. The van der Waals surface area contributed by atoms with Gasteiger partial charge in [0, 0.05) is 29.6 Å². The first-order valence-electron chi connectivity index (χ1n) is 10.5. The fourth-order valence-corrected chi connectivity index (χ4v) is 3.45. The average Bonchev–Trinajstić information content (AvgIpc) is 2.81. The van der Waals surface area contributed by atoms with E-state index < -0.39 is 0 Å². The van der Waals surface area contributed by atoms with E-state index in [1.807, 2.05) is 53.6 Å². The van der Waals surface area contributed by atoms with E-state index in [1.54, 1.807) is 12.1 Å². The first kappa shape index (κ1) is 20.8. The van der Waals surface area contributed by atoms with Crippen LogP contribution >= 0.6 is 0 Å². The maximum atomic E-state index is 13.4. The lowest BCUT2D eigenvalue weighted by Gasteiger charge is -2.28. The molecule has 0 amide bonds. The van der Waals surface area contributed by atoms with Crippen LogP contribution in [-0.4, -0.2) is 24.1 Å². The molecule has 1 aliphatic rings. The van der Waals surface area contributed by atoms with Gasteiger partial charge in [0.15, 0.2) is 5.84 Å². The van der Waals surface area contributed by atoms with Crippen LogP contribution in [0, 0.1) is 12.7 Å². The van der Waals surface area contributed by atoms with Gasteiger partial charge in [-0.1, -0.05) is 42.5 Å². The largest absolute Gasteiger partial charge is 0.355 e. The number of nitrogens with one attached hydrogen (secondary N) is 1. The first-order valence-corrected chi connectivity index (χ1v) is 10.5. The molecular weight excluding hydrogens is 389 g/mol. The number of hydroxylamine groups is 2. The summed E-state index contributed by atoms with van der Waals surface area (Å²) in [5, 5.41) is 5.31. The van der Waals surface area contributed by atoms with E-state index in [9.17, 15) is 4.39 Å². The predicted molar refractivity (Wildman–Crippen MR) is 125 cm³/mol. The molecular formula is C26H26FN3O. The van der Waals surface area contributed by atoms with Crippen molar-refractivity contribution in [1.82, 2.24) is 5.06 Å². The third-order valence-electron chi connectivity index (χ3n) is 5.09. The van der Waals surface area contributed by atoms with Crippen molar-refractivity contribution in [2.45, 2.75) is 19.8 Å². The molecule has 31 heavy (non-hydrogen) atoms. The van der Waals surface area contributed by atoms with E-state index in [0.29, 0.717) is 6.61 Å². The van der Waals surface area contributed by atoms with Crippen molar-refractivity contribution < 1.29 is 9.23 Å². The lowest BCUT2D eigenvalue weighted by molar-refractivity contribution is -0.122. The van der Waals surface area contributed by atoms with E-state index in [4.69, 9.17) is 9.83 Å². The van der Waals surface area contributed by atoms with Crippen LogP contribution in [0.4, 0.5) is 15.8 Å². The molecule has 4 nitrogen and oxygen atoms in total. The van der Waals surface area contributed by atoms with Crippen LogP contribution in [0.1, 0.15) is 24.0 Å². The van der Waals surface area contributed by atoms with Gasteiger partial charge in [-0.2, -0.15) is 0 Å². The molecule has 1 heterocycles. The zero-order chi connectivity index (χ0) is 21.5. The van der Waals surface area contributed by atoms with Crippen molar-refractivity contribution in [1.29, 1.82) is 0 Å². The van der Waals surface area contributed by atoms with Crippen molar-refractivity contribution in [3.63, 3.8) is 0 Å². The van der Waals surface area contributed by atoms with E-state index in [-0.39, 0.29) is 5.82 Å². The highest BCUT2D eigenvalue weighted by Gasteiger charge is 2.17. The summed E-state index contributed by atoms with van der Waals surface area (Å²) < 4.78 is 13.4. The Morgan fingerprint density at radius 2 is 1.71 bits per heavy atom. The lowest BCUT2D eigenvalue weighted by atomic mass is 10.0. The molecule has 0 radical (unpaired) electrons. The second kappa shape index (κ2) is 10.0. The second-order valence-electron chi connectivity index (χ2n) is 7.45. The summed E-state index contributed by atoms with van der Waals surface area (Å²) in [6.07, 6.45) is 4.09. The fraction of sp³-hybridized carbons (Fsp3) is 0.192. The number of nitrogens with zero attached hydrogens (tertiary/aromatic N) is 2. The Bertz CT molecular complexity index is 1060. The van der Waals surface area contributed by atoms with Crippen LogP contribution in [0.5, 0.6) is 0 Å². The maximum Gasteiger partial charge on any atom is 0.155 e. The van der Waals surface area contributed by atoms with Crippen LogP contribution in [0.2, 0.25) is 0 Å². The normalized spacial score (nSPS) is 15.1. The number of anilines is 1. The van der Waals surface area contributed by atoms with Crippen molar-refractivity contribution in [3.05, 3.63) is 102 Å². The molecule has 0 spiro atoms. The molecule has 1 saturated heterocycles.